The van der Waals surface area contributed by atoms with Gasteiger partial charge >= 0.3 is 0 Å². The van der Waals surface area contributed by atoms with Gasteiger partial charge < -0.3 is 15.0 Å². The summed E-state index contributed by atoms with van der Waals surface area (Å²) in [5.74, 6) is 0.745. The zero-order valence-corrected chi connectivity index (χ0v) is 12.0. The molecule has 0 radical (unpaired) electrons. The number of hydrogen-bond donors (Lipinski definition) is 1. The van der Waals surface area contributed by atoms with Crippen LogP contribution in [0.25, 0.3) is 0 Å². The Balaban J connectivity index is 2.14. The molecule has 102 valence electrons. The summed E-state index contributed by atoms with van der Waals surface area (Å²) in [5, 5.41) is 3.48. The first-order valence-corrected chi connectivity index (χ1v) is 7.11. The Morgan fingerprint density at radius 3 is 2.71 bits per heavy atom. The zero-order valence-electron chi connectivity index (χ0n) is 12.0. The summed E-state index contributed by atoms with van der Waals surface area (Å²) in [4.78, 5) is 2.49. The van der Waals surface area contributed by atoms with E-state index in [1.54, 1.807) is 0 Å². The minimum Gasteiger partial charge on any atom is -0.381 e. The van der Waals surface area contributed by atoms with Crippen molar-refractivity contribution in [1.29, 1.82) is 0 Å². The van der Waals surface area contributed by atoms with Crippen molar-refractivity contribution in [2.75, 3.05) is 33.4 Å². The van der Waals surface area contributed by atoms with Gasteiger partial charge in [0.2, 0.25) is 0 Å². The molecule has 0 aromatic heterocycles. The van der Waals surface area contributed by atoms with E-state index in [4.69, 9.17) is 4.74 Å². The molecule has 1 N–H and O–H groups in total. The van der Waals surface area contributed by atoms with E-state index in [2.05, 4.69) is 38.0 Å². The smallest absolute Gasteiger partial charge is 0.0506 e. The van der Waals surface area contributed by atoms with E-state index in [-0.39, 0.29) is 0 Å². The number of hydrogen-bond acceptors (Lipinski definition) is 3. The predicted molar refractivity (Wildman–Crippen MR) is 73.4 cm³/mol. The maximum Gasteiger partial charge on any atom is 0.0506 e. The van der Waals surface area contributed by atoms with E-state index in [0.717, 1.165) is 25.7 Å². The van der Waals surface area contributed by atoms with Crippen LogP contribution in [0.15, 0.2) is 0 Å². The highest BCUT2D eigenvalue weighted by molar-refractivity contribution is 4.71. The molecule has 0 saturated carbocycles. The largest absolute Gasteiger partial charge is 0.381 e. The fourth-order valence-corrected chi connectivity index (χ4v) is 2.34. The number of nitrogens with one attached hydrogen (secondary N) is 1. The molecule has 0 amide bonds. The van der Waals surface area contributed by atoms with Gasteiger partial charge in [0.15, 0.2) is 0 Å². The van der Waals surface area contributed by atoms with Crippen LogP contribution in [-0.2, 0) is 4.74 Å². The Kier molecular flexibility index (Phi) is 7.09. The average molecular weight is 242 g/mol. The van der Waals surface area contributed by atoms with Crippen molar-refractivity contribution in [3.63, 3.8) is 0 Å². The topological polar surface area (TPSA) is 24.5 Å². The molecule has 2 unspecified atom stereocenters. The Morgan fingerprint density at radius 1 is 1.35 bits per heavy atom. The van der Waals surface area contributed by atoms with Gasteiger partial charge in [-0.1, -0.05) is 13.8 Å². The first-order chi connectivity index (χ1) is 8.09. The van der Waals surface area contributed by atoms with Crippen LogP contribution in [0, 0.1) is 5.92 Å². The minimum absolute atomic E-state index is 0.597. The number of rotatable bonds is 7. The lowest BCUT2D eigenvalue weighted by molar-refractivity contribution is 0.0367. The molecule has 1 heterocycles. The normalized spacial score (nSPS) is 23.3. The van der Waals surface area contributed by atoms with Crippen LogP contribution in [0.2, 0.25) is 0 Å². The summed E-state index contributed by atoms with van der Waals surface area (Å²) >= 11 is 0. The average Bonchev–Trinajstić information content (AvgIpc) is 2.29. The number of nitrogens with zero attached hydrogens (tertiary/aromatic N) is 1. The molecular formula is C14H30N2O. The van der Waals surface area contributed by atoms with Gasteiger partial charge in [-0.25, -0.2) is 0 Å². The highest BCUT2D eigenvalue weighted by atomic mass is 16.5. The Bertz CT molecular complexity index is 191. The molecule has 1 fully saturated rings. The molecule has 0 spiro atoms. The van der Waals surface area contributed by atoms with Crippen molar-refractivity contribution in [2.45, 2.75) is 52.1 Å². The second-order valence-electron chi connectivity index (χ2n) is 5.77. The summed E-state index contributed by atoms with van der Waals surface area (Å²) < 4.78 is 5.54. The molecule has 17 heavy (non-hydrogen) atoms. The third kappa shape index (κ3) is 6.39. The molecule has 3 nitrogen and oxygen atoms in total. The van der Waals surface area contributed by atoms with Gasteiger partial charge in [-0.05, 0) is 45.7 Å². The van der Waals surface area contributed by atoms with Crippen LogP contribution in [-0.4, -0.2) is 50.3 Å². The van der Waals surface area contributed by atoms with Gasteiger partial charge in [-0.2, -0.15) is 0 Å². The van der Waals surface area contributed by atoms with Gasteiger partial charge in [0.1, 0.15) is 0 Å². The highest BCUT2D eigenvalue weighted by Crippen LogP contribution is 2.15. The maximum absolute atomic E-state index is 5.54. The van der Waals surface area contributed by atoms with Crippen LogP contribution in [0.5, 0.6) is 0 Å². The predicted octanol–water partition coefficient (Wildman–Crippen LogP) is 2.12. The van der Waals surface area contributed by atoms with Crippen LogP contribution >= 0.6 is 0 Å². The summed E-state index contributed by atoms with van der Waals surface area (Å²) in [5.41, 5.74) is 0. The van der Waals surface area contributed by atoms with Crippen LogP contribution in [0.1, 0.15) is 40.0 Å². The molecule has 0 bridgehead atoms. The Labute approximate surface area is 107 Å². The summed E-state index contributed by atoms with van der Waals surface area (Å²) in [7, 11) is 2.24. The first-order valence-electron chi connectivity index (χ1n) is 7.11. The molecule has 0 aliphatic carbocycles. The number of ether oxygens (including phenoxy) is 1. The lowest BCUT2D eigenvalue weighted by Gasteiger charge is -2.31. The molecule has 1 aliphatic heterocycles. The zero-order chi connectivity index (χ0) is 12.7. The third-order valence-corrected chi connectivity index (χ3v) is 3.67. The van der Waals surface area contributed by atoms with E-state index in [9.17, 15) is 0 Å². The Morgan fingerprint density at radius 2 is 2.12 bits per heavy atom. The van der Waals surface area contributed by atoms with Gasteiger partial charge in [0.05, 0.1) is 6.61 Å². The molecule has 1 rings (SSSR count). The lowest BCUT2D eigenvalue weighted by Crippen LogP contribution is -2.38. The van der Waals surface area contributed by atoms with Gasteiger partial charge in [0, 0.05) is 25.2 Å². The van der Waals surface area contributed by atoms with Crippen molar-refractivity contribution in [3.8, 4) is 0 Å². The monoisotopic (exact) mass is 242 g/mol. The van der Waals surface area contributed by atoms with Gasteiger partial charge in [0.25, 0.3) is 0 Å². The Hall–Kier alpha value is -0.120. The quantitative estimate of drug-likeness (QED) is 0.740. The first kappa shape index (κ1) is 14.9. The molecule has 1 aliphatic rings. The van der Waals surface area contributed by atoms with Crippen LogP contribution in [0.4, 0.5) is 0 Å². The third-order valence-electron chi connectivity index (χ3n) is 3.67. The summed E-state index contributed by atoms with van der Waals surface area (Å²) in [6.07, 6.45) is 3.80. The second kappa shape index (κ2) is 8.06. The van der Waals surface area contributed by atoms with E-state index in [1.807, 2.05) is 0 Å². The molecule has 3 heteroatoms. The lowest BCUT2D eigenvalue weighted by atomic mass is 10.0. The van der Waals surface area contributed by atoms with E-state index < -0.39 is 0 Å². The minimum atomic E-state index is 0.597. The standard InChI is InChI=1S/C14H30N2O/c1-12(2)15-8-7-13(3)16(4)10-14-6-5-9-17-11-14/h12-15H,5-11H2,1-4H3. The van der Waals surface area contributed by atoms with Crippen molar-refractivity contribution in [2.24, 2.45) is 5.92 Å². The summed E-state index contributed by atoms with van der Waals surface area (Å²) in [6.45, 7) is 11.0. The van der Waals surface area contributed by atoms with Crippen molar-refractivity contribution >= 4 is 0 Å². The van der Waals surface area contributed by atoms with E-state index in [1.165, 1.54) is 25.8 Å². The van der Waals surface area contributed by atoms with Gasteiger partial charge in [-0.3, -0.25) is 0 Å². The SMILES string of the molecule is CC(C)NCCC(C)N(C)CC1CCCOC1. The van der Waals surface area contributed by atoms with Crippen molar-refractivity contribution < 1.29 is 4.74 Å². The molecule has 0 aromatic carbocycles. The molecule has 2 atom stereocenters. The highest BCUT2D eigenvalue weighted by Gasteiger charge is 2.18. The van der Waals surface area contributed by atoms with Crippen LogP contribution in [0.3, 0.4) is 0 Å². The van der Waals surface area contributed by atoms with E-state index in [0.29, 0.717) is 12.1 Å². The fourth-order valence-electron chi connectivity index (χ4n) is 2.34. The molecule has 1 saturated heterocycles. The fraction of sp³-hybridized carbons (Fsp3) is 1.00. The van der Waals surface area contributed by atoms with Crippen molar-refractivity contribution in [1.82, 2.24) is 10.2 Å². The summed E-state index contributed by atoms with van der Waals surface area (Å²) in [6, 6.07) is 1.25. The molecule has 0 aromatic rings. The molecular weight excluding hydrogens is 212 g/mol. The van der Waals surface area contributed by atoms with E-state index >= 15 is 0 Å². The van der Waals surface area contributed by atoms with Gasteiger partial charge in [-0.15, -0.1) is 0 Å². The van der Waals surface area contributed by atoms with Crippen molar-refractivity contribution in [3.05, 3.63) is 0 Å². The maximum atomic E-state index is 5.54. The second-order valence-corrected chi connectivity index (χ2v) is 5.77. The van der Waals surface area contributed by atoms with Crippen LogP contribution < -0.4 is 5.32 Å².